The Hall–Kier alpha value is -2.35. The maximum atomic E-state index is 4.03. The summed E-state index contributed by atoms with van der Waals surface area (Å²) in [5.41, 5.74) is 3.56. The van der Waals surface area contributed by atoms with E-state index in [1.165, 1.54) is 16.8 Å². The van der Waals surface area contributed by atoms with Crippen molar-refractivity contribution in [2.45, 2.75) is 0 Å². The number of pyridine rings is 1. The fourth-order valence-corrected chi connectivity index (χ4v) is 2.01. The molecule has 0 saturated carbocycles. The molecule has 0 aliphatic carbocycles. The molecule has 0 atom stereocenters. The Bertz CT molecular complexity index is 519. The molecular weight excluding hydrogens is 232 g/mol. The van der Waals surface area contributed by atoms with E-state index in [9.17, 15) is 0 Å². The summed E-state index contributed by atoms with van der Waals surface area (Å²) in [7, 11) is 0. The van der Waals surface area contributed by atoms with Crippen LogP contribution in [0, 0.1) is 0 Å². The third-order valence-electron chi connectivity index (χ3n) is 2.95. The largest absolute Gasteiger partial charge is 0.364 e. The molecule has 0 N–H and O–H groups in total. The van der Waals surface area contributed by atoms with Gasteiger partial charge in [-0.05, 0) is 35.4 Å². The van der Waals surface area contributed by atoms with E-state index in [0.29, 0.717) is 0 Å². The first kappa shape index (κ1) is 13.1. The van der Waals surface area contributed by atoms with Gasteiger partial charge in [0.2, 0.25) is 0 Å². The summed E-state index contributed by atoms with van der Waals surface area (Å²) in [5.74, 6) is 0. The van der Waals surface area contributed by atoms with Gasteiger partial charge in [0.05, 0.1) is 0 Å². The molecule has 0 bridgehead atoms. The predicted molar refractivity (Wildman–Crippen MR) is 82.3 cm³/mol. The van der Waals surface area contributed by atoms with Crippen molar-refractivity contribution in [2.75, 3.05) is 18.0 Å². The van der Waals surface area contributed by atoms with Gasteiger partial charge >= 0.3 is 0 Å². The zero-order valence-corrected chi connectivity index (χ0v) is 11.0. The first-order valence-corrected chi connectivity index (χ1v) is 6.32. The van der Waals surface area contributed by atoms with Gasteiger partial charge in [0, 0.05) is 31.2 Å². The maximum Gasteiger partial charge on any atom is 0.0372 e. The summed E-state index contributed by atoms with van der Waals surface area (Å²) >= 11 is 0. The van der Waals surface area contributed by atoms with E-state index in [-0.39, 0.29) is 0 Å². The van der Waals surface area contributed by atoms with Crippen LogP contribution in [0.5, 0.6) is 0 Å². The van der Waals surface area contributed by atoms with Crippen molar-refractivity contribution in [3.63, 3.8) is 0 Å². The molecule has 1 aromatic carbocycles. The maximum absolute atomic E-state index is 4.03. The molecule has 2 aromatic rings. The van der Waals surface area contributed by atoms with Crippen molar-refractivity contribution in [3.8, 4) is 11.1 Å². The van der Waals surface area contributed by atoms with Crippen LogP contribution in [0.2, 0.25) is 0 Å². The highest BCUT2D eigenvalue weighted by Gasteiger charge is 2.03. The molecule has 0 saturated heterocycles. The number of benzene rings is 1. The molecule has 1 heterocycles. The molecule has 0 spiro atoms. The average molecular weight is 250 g/mol. The minimum Gasteiger partial charge on any atom is -0.364 e. The first-order chi connectivity index (χ1) is 9.35. The number of anilines is 1. The van der Waals surface area contributed by atoms with Crippen molar-refractivity contribution in [1.82, 2.24) is 4.98 Å². The lowest BCUT2D eigenvalue weighted by molar-refractivity contribution is 0.957. The Morgan fingerprint density at radius 1 is 0.842 bits per heavy atom. The minimum absolute atomic E-state index is 0.820. The quantitative estimate of drug-likeness (QED) is 0.722. The van der Waals surface area contributed by atoms with Gasteiger partial charge in [-0.3, -0.25) is 4.98 Å². The van der Waals surface area contributed by atoms with Gasteiger partial charge in [-0.25, -0.2) is 0 Å². The van der Waals surface area contributed by atoms with E-state index in [4.69, 9.17) is 0 Å². The van der Waals surface area contributed by atoms with Crippen LogP contribution >= 0.6 is 0 Å². The molecule has 96 valence electrons. The Labute approximate surface area is 114 Å². The van der Waals surface area contributed by atoms with E-state index in [0.717, 1.165) is 13.1 Å². The molecule has 0 amide bonds. The summed E-state index contributed by atoms with van der Waals surface area (Å²) in [6.45, 7) is 9.22. The molecule has 2 heteroatoms. The summed E-state index contributed by atoms with van der Waals surface area (Å²) < 4.78 is 0. The SMILES string of the molecule is C=CCN(CC=C)c1ccc(-c2ccncc2)cc1. The lowest BCUT2D eigenvalue weighted by Crippen LogP contribution is -2.22. The van der Waals surface area contributed by atoms with E-state index in [1.807, 2.05) is 36.7 Å². The fraction of sp³-hybridized carbons (Fsp3) is 0.118. The molecule has 0 aliphatic rings. The fourth-order valence-electron chi connectivity index (χ4n) is 2.01. The normalized spacial score (nSPS) is 9.89. The minimum atomic E-state index is 0.820. The third kappa shape index (κ3) is 3.32. The van der Waals surface area contributed by atoms with E-state index in [2.05, 4.69) is 47.3 Å². The van der Waals surface area contributed by atoms with Crippen LogP contribution in [0.3, 0.4) is 0 Å². The first-order valence-electron chi connectivity index (χ1n) is 6.32. The van der Waals surface area contributed by atoms with Crippen LogP contribution < -0.4 is 4.90 Å². The highest BCUT2D eigenvalue weighted by Crippen LogP contribution is 2.22. The molecule has 0 aliphatic heterocycles. The monoisotopic (exact) mass is 250 g/mol. The lowest BCUT2D eigenvalue weighted by Gasteiger charge is -2.21. The van der Waals surface area contributed by atoms with Crippen molar-refractivity contribution in [2.24, 2.45) is 0 Å². The Morgan fingerprint density at radius 3 is 1.89 bits per heavy atom. The number of aromatic nitrogens is 1. The summed E-state index contributed by atoms with van der Waals surface area (Å²) in [4.78, 5) is 6.25. The smallest absolute Gasteiger partial charge is 0.0372 e. The highest BCUT2D eigenvalue weighted by molar-refractivity contribution is 5.66. The Balaban J connectivity index is 2.22. The van der Waals surface area contributed by atoms with Crippen LogP contribution in [-0.2, 0) is 0 Å². The highest BCUT2D eigenvalue weighted by atomic mass is 15.1. The second kappa shape index (κ2) is 6.55. The van der Waals surface area contributed by atoms with Crippen molar-refractivity contribution in [1.29, 1.82) is 0 Å². The molecular formula is C17H18N2. The average Bonchev–Trinajstić information content (AvgIpc) is 2.48. The number of rotatable bonds is 6. The van der Waals surface area contributed by atoms with E-state index < -0.39 is 0 Å². The second-order valence-electron chi connectivity index (χ2n) is 4.27. The number of hydrogen-bond donors (Lipinski definition) is 0. The predicted octanol–water partition coefficient (Wildman–Crippen LogP) is 3.93. The lowest BCUT2D eigenvalue weighted by atomic mass is 10.1. The summed E-state index contributed by atoms with van der Waals surface area (Å²) in [6, 6.07) is 12.5. The van der Waals surface area contributed by atoms with Crippen molar-refractivity contribution in [3.05, 3.63) is 74.1 Å². The van der Waals surface area contributed by atoms with Crippen molar-refractivity contribution < 1.29 is 0 Å². The van der Waals surface area contributed by atoms with Gasteiger partial charge in [0.1, 0.15) is 0 Å². The van der Waals surface area contributed by atoms with Crippen LogP contribution in [0.1, 0.15) is 0 Å². The van der Waals surface area contributed by atoms with Gasteiger partial charge in [-0.2, -0.15) is 0 Å². The Morgan fingerprint density at radius 2 is 1.37 bits per heavy atom. The second-order valence-corrected chi connectivity index (χ2v) is 4.27. The summed E-state index contributed by atoms with van der Waals surface area (Å²) in [6.07, 6.45) is 7.43. The molecule has 0 unspecified atom stereocenters. The van der Waals surface area contributed by atoms with Crippen LogP contribution in [0.25, 0.3) is 11.1 Å². The van der Waals surface area contributed by atoms with Crippen molar-refractivity contribution >= 4 is 5.69 Å². The standard InChI is InChI=1S/C17H18N2/c1-3-13-19(14-4-2)17-7-5-15(6-8-17)16-9-11-18-12-10-16/h3-12H,1-2,13-14H2. The zero-order chi connectivity index (χ0) is 13.5. The van der Waals surface area contributed by atoms with E-state index in [1.54, 1.807) is 0 Å². The van der Waals surface area contributed by atoms with Gasteiger partial charge in [-0.15, -0.1) is 13.2 Å². The number of nitrogens with zero attached hydrogens (tertiary/aromatic N) is 2. The number of hydrogen-bond acceptors (Lipinski definition) is 2. The van der Waals surface area contributed by atoms with Crippen LogP contribution in [-0.4, -0.2) is 18.1 Å². The van der Waals surface area contributed by atoms with Gasteiger partial charge in [0.15, 0.2) is 0 Å². The van der Waals surface area contributed by atoms with Gasteiger partial charge < -0.3 is 4.90 Å². The molecule has 0 fully saturated rings. The molecule has 19 heavy (non-hydrogen) atoms. The molecule has 2 nitrogen and oxygen atoms in total. The molecule has 1 aromatic heterocycles. The van der Waals surface area contributed by atoms with Crippen LogP contribution in [0.4, 0.5) is 5.69 Å². The van der Waals surface area contributed by atoms with Crippen LogP contribution in [0.15, 0.2) is 74.1 Å². The van der Waals surface area contributed by atoms with Gasteiger partial charge in [0.25, 0.3) is 0 Å². The third-order valence-corrected chi connectivity index (χ3v) is 2.95. The van der Waals surface area contributed by atoms with Gasteiger partial charge in [-0.1, -0.05) is 24.3 Å². The summed E-state index contributed by atoms with van der Waals surface area (Å²) in [5, 5.41) is 0. The molecule has 2 rings (SSSR count). The Kier molecular flexibility index (Phi) is 4.51. The molecule has 0 radical (unpaired) electrons. The van der Waals surface area contributed by atoms with E-state index >= 15 is 0 Å². The topological polar surface area (TPSA) is 16.1 Å². The zero-order valence-electron chi connectivity index (χ0n) is 11.0.